The molecule has 0 N–H and O–H groups in total. The van der Waals surface area contributed by atoms with Gasteiger partial charge < -0.3 is 9.80 Å². The van der Waals surface area contributed by atoms with E-state index < -0.39 is 10.0 Å². The molecular formula is C16H27N5O3S. The first kappa shape index (κ1) is 18.3. The summed E-state index contributed by atoms with van der Waals surface area (Å²) in [5.41, 5.74) is 2.01. The molecule has 0 bridgehead atoms. The number of rotatable bonds is 4. The molecule has 2 aliphatic rings. The number of nitrogens with zero attached hydrogens (tertiary/aromatic N) is 5. The van der Waals surface area contributed by atoms with Crippen molar-refractivity contribution >= 4 is 15.9 Å². The van der Waals surface area contributed by atoms with Crippen molar-refractivity contribution < 1.29 is 13.2 Å². The minimum Gasteiger partial charge on any atom is -0.336 e. The molecule has 1 saturated heterocycles. The number of carbonyl (C=O) groups excluding carboxylic acids is 1. The molecule has 2 aliphatic heterocycles. The molecule has 0 unspecified atom stereocenters. The van der Waals surface area contributed by atoms with E-state index in [4.69, 9.17) is 0 Å². The third kappa shape index (κ3) is 3.58. The lowest BCUT2D eigenvalue weighted by atomic mass is 10.2. The smallest absolute Gasteiger partial charge is 0.274 e. The maximum Gasteiger partial charge on any atom is 0.274 e. The number of hydrogen-bond donors (Lipinski definition) is 0. The van der Waals surface area contributed by atoms with E-state index >= 15 is 0 Å². The normalized spacial score (nSPS) is 19.9. The summed E-state index contributed by atoms with van der Waals surface area (Å²) in [6, 6.07) is 0. The number of likely N-dealkylation sites (N-methyl/N-ethyl adjacent to an activating group) is 1. The van der Waals surface area contributed by atoms with E-state index in [0.29, 0.717) is 31.7 Å². The number of sulfonamides is 1. The van der Waals surface area contributed by atoms with Crippen LogP contribution >= 0.6 is 0 Å². The van der Waals surface area contributed by atoms with Crippen LogP contribution in [0.1, 0.15) is 41.5 Å². The monoisotopic (exact) mass is 369 g/mol. The predicted octanol–water partition coefficient (Wildman–Crippen LogP) is 0.253. The highest BCUT2D eigenvalue weighted by atomic mass is 32.2. The number of aryl methyl sites for hydroxylation is 1. The predicted molar refractivity (Wildman–Crippen MR) is 94.6 cm³/mol. The molecule has 1 fully saturated rings. The van der Waals surface area contributed by atoms with Gasteiger partial charge in [0.1, 0.15) is 0 Å². The van der Waals surface area contributed by atoms with Crippen LogP contribution in [-0.2, 0) is 30.2 Å². The Hall–Kier alpha value is -1.45. The largest absolute Gasteiger partial charge is 0.336 e. The van der Waals surface area contributed by atoms with Crippen LogP contribution < -0.4 is 0 Å². The molecule has 25 heavy (non-hydrogen) atoms. The van der Waals surface area contributed by atoms with Gasteiger partial charge in [0, 0.05) is 38.8 Å². The van der Waals surface area contributed by atoms with Crippen LogP contribution in [0.15, 0.2) is 0 Å². The van der Waals surface area contributed by atoms with Crippen LogP contribution in [0.4, 0.5) is 0 Å². The van der Waals surface area contributed by atoms with Crippen molar-refractivity contribution in [1.82, 2.24) is 23.9 Å². The lowest BCUT2D eigenvalue weighted by molar-refractivity contribution is 0.0754. The molecule has 1 aromatic rings. The van der Waals surface area contributed by atoms with Gasteiger partial charge in [0.15, 0.2) is 5.69 Å². The first-order valence-corrected chi connectivity index (χ1v) is 10.4. The summed E-state index contributed by atoms with van der Waals surface area (Å²) in [6.45, 7) is 5.63. The third-order valence-electron chi connectivity index (χ3n) is 5.00. The zero-order chi connectivity index (χ0) is 18.2. The van der Waals surface area contributed by atoms with Crippen molar-refractivity contribution in [2.75, 3.05) is 39.0 Å². The molecule has 8 nitrogen and oxygen atoms in total. The molecule has 140 valence electrons. The minimum absolute atomic E-state index is 0.0816. The van der Waals surface area contributed by atoms with Crippen molar-refractivity contribution in [3.63, 3.8) is 0 Å². The molecule has 3 rings (SSSR count). The van der Waals surface area contributed by atoms with Crippen molar-refractivity contribution in [2.45, 2.75) is 32.9 Å². The van der Waals surface area contributed by atoms with Gasteiger partial charge in [-0.05, 0) is 26.4 Å². The summed E-state index contributed by atoms with van der Waals surface area (Å²) in [6.07, 6.45) is 1.52. The molecule has 0 aliphatic carbocycles. The Morgan fingerprint density at radius 2 is 1.88 bits per heavy atom. The van der Waals surface area contributed by atoms with Crippen LogP contribution in [0, 0.1) is 0 Å². The fourth-order valence-electron chi connectivity index (χ4n) is 3.52. The number of hydrogen-bond acceptors (Lipinski definition) is 5. The summed E-state index contributed by atoms with van der Waals surface area (Å²) < 4.78 is 27.9. The van der Waals surface area contributed by atoms with Gasteiger partial charge in [0.25, 0.3) is 5.91 Å². The molecule has 3 heterocycles. The van der Waals surface area contributed by atoms with E-state index in [1.54, 1.807) is 11.7 Å². The Kier molecular flexibility index (Phi) is 5.17. The Labute approximate surface area is 149 Å². The van der Waals surface area contributed by atoms with Crippen molar-refractivity contribution in [2.24, 2.45) is 7.05 Å². The fraction of sp³-hybridized carbons (Fsp3) is 0.750. The van der Waals surface area contributed by atoms with E-state index in [9.17, 15) is 13.2 Å². The highest BCUT2D eigenvalue weighted by Gasteiger charge is 2.36. The van der Waals surface area contributed by atoms with Gasteiger partial charge >= 0.3 is 0 Å². The average Bonchev–Trinajstić information content (AvgIpc) is 3.04. The average molecular weight is 369 g/mol. The zero-order valence-electron chi connectivity index (χ0n) is 15.2. The van der Waals surface area contributed by atoms with Crippen molar-refractivity contribution in [3.8, 4) is 0 Å². The first-order chi connectivity index (χ1) is 11.8. The molecule has 0 spiro atoms. The maximum absolute atomic E-state index is 13.0. The topological polar surface area (TPSA) is 78.8 Å². The summed E-state index contributed by atoms with van der Waals surface area (Å²) in [5.74, 6) is 0.0535. The Bertz CT molecular complexity index is 758. The van der Waals surface area contributed by atoms with Gasteiger partial charge in [0.05, 0.1) is 18.0 Å². The van der Waals surface area contributed by atoms with Crippen LogP contribution in [-0.4, -0.2) is 77.2 Å². The molecule has 0 radical (unpaired) electrons. The van der Waals surface area contributed by atoms with Gasteiger partial charge in [0.2, 0.25) is 10.0 Å². The molecular weight excluding hydrogens is 342 g/mol. The Morgan fingerprint density at radius 3 is 2.60 bits per heavy atom. The number of aromatic nitrogens is 2. The van der Waals surface area contributed by atoms with Crippen LogP contribution in [0.5, 0.6) is 0 Å². The highest BCUT2D eigenvalue weighted by molar-refractivity contribution is 7.89. The Morgan fingerprint density at radius 1 is 1.12 bits per heavy atom. The number of carbonyl (C=O) groups is 1. The first-order valence-electron chi connectivity index (χ1n) is 8.84. The minimum atomic E-state index is -3.28. The molecule has 0 aromatic carbocycles. The van der Waals surface area contributed by atoms with E-state index in [2.05, 4.69) is 17.0 Å². The van der Waals surface area contributed by atoms with Crippen LogP contribution in [0.3, 0.4) is 0 Å². The van der Waals surface area contributed by atoms with Gasteiger partial charge in [-0.15, -0.1) is 0 Å². The van der Waals surface area contributed by atoms with E-state index in [-0.39, 0.29) is 18.2 Å². The number of fused-ring (bicyclic) bond motifs is 1. The second kappa shape index (κ2) is 7.05. The van der Waals surface area contributed by atoms with E-state index in [0.717, 1.165) is 30.8 Å². The molecule has 0 atom stereocenters. The molecule has 0 saturated carbocycles. The third-order valence-corrected chi connectivity index (χ3v) is 6.97. The summed E-state index contributed by atoms with van der Waals surface area (Å²) in [4.78, 5) is 17.0. The standard InChI is InChI=1S/C16H27N5O3S/c1-4-10-25(23,24)21-11-13-14(12-21)19(3)17-15(13)16(22)20-7-5-6-18(2)8-9-20/h4-12H2,1-3H3. The fourth-order valence-corrected chi connectivity index (χ4v) is 4.94. The van der Waals surface area contributed by atoms with E-state index in [1.807, 2.05) is 11.8 Å². The Balaban J connectivity index is 1.82. The SMILES string of the molecule is CCCS(=O)(=O)N1Cc2c(C(=O)N3CCCN(C)CC3)nn(C)c2C1. The zero-order valence-corrected chi connectivity index (χ0v) is 16.0. The van der Waals surface area contributed by atoms with Gasteiger partial charge in [-0.1, -0.05) is 6.92 Å². The van der Waals surface area contributed by atoms with Crippen molar-refractivity contribution in [1.29, 1.82) is 0 Å². The molecule has 1 amide bonds. The second-order valence-electron chi connectivity index (χ2n) is 6.93. The number of amides is 1. The van der Waals surface area contributed by atoms with E-state index in [1.165, 1.54) is 4.31 Å². The summed E-state index contributed by atoms with van der Waals surface area (Å²) >= 11 is 0. The summed E-state index contributed by atoms with van der Waals surface area (Å²) in [7, 11) is 0.554. The lowest BCUT2D eigenvalue weighted by Gasteiger charge is -2.20. The van der Waals surface area contributed by atoms with Crippen molar-refractivity contribution in [3.05, 3.63) is 17.0 Å². The van der Waals surface area contributed by atoms with Crippen LogP contribution in [0.25, 0.3) is 0 Å². The lowest BCUT2D eigenvalue weighted by Crippen LogP contribution is -2.35. The van der Waals surface area contributed by atoms with Gasteiger partial charge in [-0.25, -0.2) is 8.42 Å². The molecule has 9 heteroatoms. The molecule has 1 aromatic heterocycles. The summed E-state index contributed by atoms with van der Waals surface area (Å²) in [5, 5.41) is 4.41. The van der Waals surface area contributed by atoms with Gasteiger partial charge in [-0.3, -0.25) is 9.48 Å². The quantitative estimate of drug-likeness (QED) is 0.760. The maximum atomic E-state index is 13.0. The van der Waals surface area contributed by atoms with Crippen LogP contribution in [0.2, 0.25) is 0 Å². The highest BCUT2D eigenvalue weighted by Crippen LogP contribution is 2.29. The second-order valence-corrected chi connectivity index (χ2v) is 9.02. The van der Waals surface area contributed by atoms with Gasteiger partial charge in [-0.2, -0.15) is 9.40 Å².